The van der Waals surface area contributed by atoms with Crippen molar-refractivity contribution in [2.24, 2.45) is 0 Å². The zero-order valence-corrected chi connectivity index (χ0v) is 24.9. The van der Waals surface area contributed by atoms with Gasteiger partial charge in [0.05, 0.1) is 0 Å². The number of nitrogens with zero attached hydrogens (tertiary/aromatic N) is 3. The summed E-state index contributed by atoms with van der Waals surface area (Å²) in [6.45, 7) is 6.51. The van der Waals surface area contributed by atoms with Crippen molar-refractivity contribution in [3.63, 3.8) is 0 Å². The van der Waals surface area contributed by atoms with Crippen LogP contribution >= 0.6 is 0 Å². The van der Waals surface area contributed by atoms with Gasteiger partial charge in [0, 0.05) is 0 Å². The van der Waals surface area contributed by atoms with Crippen molar-refractivity contribution in [1.82, 2.24) is 14.5 Å². The van der Waals surface area contributed by atoms with E-state index in [-0.39, 0.29) is 17.1 Å². The normalized spacial score (nSPS) is 12.8. The average Bonchev–Trinajstić information content (AvgIpc) is 3.38. The zero-order chi connectivity index (χ0) is 28.0. The molecule has 0 aliphatic carbocycles. The minimum absolute atomic E-state index is 0.0449. The summed E-state index contributed by atoms with van der Waals surface area (Å²) in [4.78, 5) is 9.19. The van der Waals surface area contributed by atoms with Gasteiger partial charge >= 0.3 is 225 Å². The molecule has 3 nitrogen and oxygen atoms in total. The van der Waals surface area contributed by atoms with Gasteiger partial charge in [-0.05, 0) is 0 Å². The number of halogens is 6. The molecule has 10 heteroatoms. The molecule has 0 spiro atoms. The molecule has 0 atom stereocenters. The standard InChI is InChI=1S/C16H8F6N3.3C4H9.Sn/c17-15(18,19)11-3-1-10(2-4-11)13-7-12(16(20,21)22)8-14(24-13)25-6-5-23-9-25;3*1-3-4-2;/h1-4,6-9H;3*1,3-4H2,2H3;. The van der Waals surface area contributed by atoms with E-state index in [0.717, 1.165) is 91.9 Å². The molecule has 0 aliphatic rings. The Morgan fingerprint density at radius 2 is 1.26 bits per heavy atom. The molecule has 3 aromatic rings. The van der Waals surface area contributed by atoms with E-state index in [0.29, 0.717) is 0 Å². The van der Waals surface area contributed by atoms with E-state index in [9.17, 15) is 26.3 Å². The van der Waals surface area contributed by atoms with E-state index in [1.807, 2.05) is 6.20 Å². The third-order valence-electron chi connectivity index (χ3n) is 7.06. The third kappa shape index (κ3) is 7.54. The number of pyridine rings is 1. The first-order valence-corrected chi connectivity index (χ1v) is 20.7. The van der Waals surface area contributed by atoms with Gasteiger partial charge in [0.2, 0.25) is 0 Å². The van der Waals surface area contributed by atoms with E-state index in [4.69, 9.17) is 4.98 Å². The second-order valence-electron chi connectivity index (χ2n) is 9.93. The second-order valence-corrected chi connectivity index (χ2v) is 23.0. The molecule has 3 rings (SSSR count). The summed E-state index contributed by atoms with van der Waals surface area (Å²) in [5.41, 5.74) is -1.65. The predicted octanol–water partition coefficient (Wildman–Crippen LogP) is 9.03. The quantitative estimate of drug-likeness (QED) is 0.145. The van der Waals surface area contributed by atoms with Crippen molar-refractivity contribution >= 4 is 22.1 Å². The molecule has 0 bridgehead atoms. The number of alkyl halides is 6. The van der Waals surface area contributed by atoms with Crippen LogP contribution in [0.2, 0.25) is 13.3 Å². The van der Waals surface area contributed by atoms with Crippen LogP contribution in [0, 0.1) is 0 Å². The Morgan fingerprint density at radius 1 is 0.737 bits per heavy atom. The van der Waals surface area contributed by atoms with E-state index in [1.54, 1.807) is 10.9 Å². The molecule has 2 heterocycles. The summed E-state index contributed by atoms with van der Waals surface area (Å²) in [5.74, 6) is 0.0511. The Balaban J connectivity index is 2.08. The molecule has 0 saturated carbocycles. The first-order valence-electron chi connectivity index (χ1n) is 13.2. The van der Waals surface area contributed by atoms with Crippen LogP contribution in [0.1, 0.15) is 70.4 Å². The van der Waals surface area contributed by atoms with Crippen molar-refractivity contribution < 1.29 is 26.3 Å². The van der Waals surface area contributed by atoms with Gasteiger partial charge < -0.3 is 0 Å². The molecule has 0 unspecified atom stereocenters. The Labute approximate surface area is 224 Å². The predicted molar refractivity (Wildman–Crippen MR) is 141 cm³/mol. The molecule has 1 aromatic carbocycles. The van der Waals surface area contributed by atoms with Gasteiger partial charge in [0.25, 0.3) is 0 Å². The molecule has 0 radical (unpaired) electrons. The summed E-state index contributed by atoms with van der Waals surface area (Å²) < 4.78 is 86.5. The topological polar surface area (TPSA) is 30.7 Å². The van der Waals surface area contributed by atoms with E-state index in [2.05, 4.69) is 25.8 Å². The second kappa shape index (κ2) is 12.9. The van der Waals surface area contributed by atoms with Crippen LogP contribution < -0.4 is 3.71 Å². The number of imidazole rings is 1. The summed E-state index contributed by atoms with van der Waals surface area (Å²) in [6, 6.07) is 5.85. The average molecular weight is 646 g/mol. The summed E-state index contributed by atoms with van der Waals surface area (Å²) in [5, 5.41) is 0. The molecule has 0 fully saturated rings. The van der Waals surface area contributed by atoms with Crippen LogP contribution in [0.5, 0.6) is 0 Å². The van der Waals surface area contributed by atoms with Crippen LogP contribution in [0.3, 0.4) is 0 Å². The summed E-state index contributed by atoms with van der Waals surface area (Å²) in [7, 11) is 0. The molecule has 208 valence electrons. The fourth-order valence-electron chi connectivity index (χ4n) is 4.82. The zero-order valence-electron chi connectivity index (χ0n) is 22.1. The Morgan fingerprint density at radius 3 is 1.74 bits per heavy atom. The van der Waals surface area contributed by atoms with Crippen molar-refractivity contribution in [3.8, 4) is 17.1 Å². The first kappa shape index (κ1) is 30.5. The number of rotatable bonds is 12. The first-order chi connectivity index (χ1) is 17.9. The molecule has 2 aromatic heterocycles. The Hall–Kier alpha value is -2.04. The number of hydrogen-bond acceptors (Lipinski definition) is 2. The van der Waals surface area contributed by atoms with Crippen LogP contribution in [-0.4, -0.2) is 32.9 Å². The molecule has 0 aliphatic heterocycles. The third-order valence-corrected chi connectivity index (χ3v) is 22.1. The number of benzene rings is 1. The Kier molecular flexibility index (Phi) is 10.3. The van der Waals surface area contributed by atoms with Crippen molar-refractivity contribution in [2.45, 2.75) is 85.0 Å². The van der Waals surface area contributed by atoms with Crippen molar-refractivity contribution in [3.05, 3.63) is 60.0 Å². The van der Waals surface area contributed by atoms with E-state index in [1.165, 1.54) is 0 Å². The van der Waals surface area contributed by atoms with E-state index >= 15 is 0 Å². The van der Waals surface area contributed by atoms with Gasteiger partial charge in [-0.25, -0.2) is 0 Å². The van der Waals surface area contributed by atoms with Crippen LogP contribution in [0.15, 0.2) is 48.9 Å². The molecule has 0 N–H and O–H groups in total. The Bertz CT molecular complexity index is 1150. The van der Waals surface area contributed by atoms with Gasteiger partial charge in [-0.15, -0.1) is 0 Å². The minimum atomic E-state index is -4.64. The van der Waals surface area contributed by atoms with Crippen LogP contribution in [0.25, 0.3) is 17.1 Å². The fraction of sp³-hybridized carbons (Fsp3) is 0.500. The van der Waals surface area contributed by atoms with E-state index < -0.39 is 41.9 Å². The maximum atomic E-state index is 13.8. The summed E-state index contributed by atoms with van der Waals surface area (Å²) >= 11 is -2.92. The van der Waals surface area contributed by atoms with Gasteiger partial charge in [0.15, 0.2) is 0 Å². The number of hydrogen-bond donors (Lipinski definition) is 0. The monoisotopic (exact) mass is 647 g/mol. The SMILES string of the molecule is CCC[CH2][Sn]([CH2]CCC)([CH2]CCC)[c]1cn(-c2cc(C(F)(F)F)cc(-c3ccc(C(F)(F)F)cc3)n2)cn1. The molecule has 38 heavy (non-hydrogen) atoms. The van der Waals surface area contributed by atoms with Crippen LogP contribution in [-0.2, 0) is 12.4 Å². The van der Waals surface area contributed by atoms with Crippen molar-refractivity contribution in [1.29, 1.82) is 0 Å². The van der Waals surface area contributed by atoms with Gasteiger partial charge in [-0.1, -0.05) is 0 Å². The molecular formula is C28H35F6N3Sn. The number of aromatic nitrogens is 3. The van der Waals surface area contributed by atoms with Crippen molar-refractivity contribution in [2.75, 3.05) is 0 Å². The summed E-state index contributed by atoms with van der Waals surface area (Å²) in [6.07, 6.45) is 0.858. The van der Waals surface area contributed by atoms with Gasteiger partial charge in [0.1, 0.15) is 0 Å². The molecule has 0 amide bonds. The number of unbranched alkanes of at least 4 members (excludes halogenated alkanes) is 3. The molecular weight excluding hydrogens is 611 g/mol. The maximum absolute atomic E-state index is 13.8. The van der Waals surface area contributed by atoms with Gasteiger partial charge in [-0.3, -0.25) is 0 Å². The molecule has 0 saturated heterocycles. The van der Waals surface area contributed by atoms with Gasteiger partial charge in [-0.2, -0.15) is 0 Å². The van der Waals surface area contributed by atoms with Crippen LogP contribution in [0.4, 0.5) is 26.3 Å². The fourth-order valence-corrected chi connectivity index (χ4v) is 20.1.